The molecule has 0 saturated heterocycles. The summed E-state index contributed by atoms with van der Waals surface area (Å²) >= 11 is 0. The van der Waals surface area contributed by atoms with E-state index in [9.17, 15) is 0 Å². The van der Waals surface area contributed by atoms with Gasteiger partial charge in [0.2, 0.25) is 0 Å². The summed E-state index contributed by atoms with van der Waals surface area (Å²) in [6.07, 6.45) is 0. The highest BCUT2D eigenvalue weighted by Gasteiger charge is 2.41. The van der Waals surface area contributed by atoms with E-state index in [-0.39, 0.29) is 0 Å². The number of hydrogen-bond acceptors (Lipinski definition) is 2. The molecule has 0 fully saturated rings. The quantitative estimate of drug-likeness (QED) is 0.108. The number of rotatable bonds is 9. The minimum Gasteiger partial charge on any atom is -0.454 e. The molecule has 0 amide bonds. The van der Waals surface area contributed by atoms with Crippen LogP contribution in [-0.2, 0) is 0 Å². The molecule has 0 aliphatic carbocycles. The van der Waals surface area contributed by atoms with Gasteiger partial charge in [-0.25, -0.2) is 0 Å². The fourth-order valence-electron chi connectivity index (χ4n) is 8.55. The molecule has 57 heavy (non-hydrogen) atoms. The van der Waals surface area contributed by atoms with Gasteiger partial charge < -0.3 is 9.32 Å². The van der Waals surface area contributed by atoms with Gasteiger partial charge in [-0.05, 0) is 79.4 Å². The lowest BCUT2D eigenvalue weighted by atomic mass is 10.0. The maximum absolute atomic E-state index is 6.59. The normalized spacial score (nSPS) is 11.5. The summed E-state index contributed by atoms with van der Waals surface area (Å²) in [6.45, 7) is 0. The molecular formula is C54H39NOSi. The van der Waals surface area contributed by atoms with Gasteiger partial charge in [0.05, 0.1) is 5.69 Å². The van der Waals surface area contributed by atoms with Crippen molar-refractivity contribution in [2.75, 3.05) is 4.90 Å². The molecule has 2 nitrogen and oxygen atoms in total. The molecule has 0 atom stereocenters. The molecule has 0 bridgehead atoms. The van der Waals surface area contributed by atoms with Crippen LogP contribution in [0.15, 0.2) is 241 Å². The van der Waals surface area contributed by atoms with Crippen molar-refractivity contribution in [3.63, 3.8) is 0 Å². The summed E-state index contributed by atoms with van der Waals surface area (Å²) in [5.41, 5.74) is 9.59. The maximum Gasteiger partial charge on any atom is 0.179 e. The van der Waals surface area contributed by atoms with E-state index in [1.807, 2.05) is 12.1 Å². The highest BCUT2D eigenvalue weighted by Crippen LogP contribution is 2.42. The summed E-state index contributed by atoms with van der Waals surface area (Å²) in [5, 5.41) is 7.69. The van der Waals surface area contributed by atoms with Gasteiger partial charge in [0, 0.05) is 22.1 Å². The molecular weight excluding hydrogens is 707 g/mol. The van der Waals surface area contributed by atoms with E-state index in [1.165, 1.54) is 37.4 Å². The molecule has 0 unspecified atom stereocenters. The predicted molar refractivity (Wildman–Crippen MR) is 243 cm³/mol. The highest BCUT2D eigenvalue weighted by atomic mass is 28.3. The second kappa shape index (κ2) is 14.8. The average molecular weight is 746 g/mol. The smallest absolute Gasteiger partial charge is 0.179 e. The third-order valence-corrected chi connectivity index (χ3v) is 16.1. The van der Waals surface area contributed by atoms with Crippen molar-refractivity contribution in [1.29, 1.82) is 0 Å². The van der Waals surface area contributed by atoms with Gasteiger partial charge in [-0.15, -0.1) is 0 Å². The van der Waals surface area contributed by atoms with Crippen LogP contribution in [-0.4, -0.2) is 8.07 Å². The molecule has 0 radical (unpaired) electrons. The van der Waals surface area contributed by atoms with Crippen LogP contribution in [0, 0.1) is 0 Å². The van der Waals surface area contributed by atoms with Crippen molar-refractivity contribution in [3.8, 4) is 22.3 Å². The average Bonchev–Trinajstić information content (AvgIpc) is 3.69. The van der Waals surface area contributed by atoms with Crippen molar-refractivity contribution >= 4 is 67.8 Å². The number of anilines is 3. The van der Waals surface area contributed by atoms with Gasteiger partial charge in [-0.3, -0.25) is 0 Å². The first-order valence-corrected chi connectivity index (χ1v) is 21.5. The maximum atomic E-state index is 6.59. The lowest BCUT2D eigenvalue weighted by Gasteiger charge is -2.34. The Morgan fingerprint density at radius 2 is 0.684 bits per heavy atom. The lowest BCUT2D eigenvalue weighted by Crippen LogP contribution is -2.74. The van der Waals surface area contributed by atoms with Crippen molar-refractivity contribution in [2.45, 2.75) is 0 Å². The van der Waals surface area contributed by atoms with Gasteiger partial charge >= 0.3 is 0 Å². The largest absolute Gasteiger partial charge is 0.454 e. The van der Waals surface area contributed by atoms with Gasteiger partial charge in [0.25, 0.3) is 0 Å². The summed E-state index contributed by atoms with van der Waals surface area (Å²) in [7, 11) is -2.60. The molecule has 270 valence electrons. The fourth-order valence-corrected chi connectivity index (χ4v) is 13.3. The van der Waals surface area contributed by atoms with Gasteiger partial charge in [0.1, 0.15) is 5.58 Å². The lowest BCUT2D eigenvalue weighted by molar-refractivity contribution is 0.669. The fraction of sp³-hybridized carbons (Fsp3) is 0. The summed E-state index contributed by atoms with van der Waals surface area (Å²) < 4.78 is 6.59. The molecule has 10 aromatic rings. The van der Waals surface area contributed by atoms with Gasteiger partial charge in [-0.1, -0.05) is 200 Å². The first-order chi connectivity index (χ1) is 28.3. The van der Waals surface area contributed by atoms with Crippen LogP contribution < -0.4 is 25.6 Å². The summed E-state index contributed by atoms with van der Waals surface area (Å²) in [5.74, 6) is 0. The van der Waals surface area contributed by atoms with E-state index in [0.717, 1.165) is 44.6 Å². The Labute approximate surface area is 334 Å². The van der Waals surface area contributed by atoms with E-state index < -0.39 is 8.07 Å². The second-order valence-electron chi connectivity index (χ2n) is 14.5. The molecule has 0 saturated carbocycles. The van der Waals surface area contributed by atoms with Crippen LogP contribution in [0.25, 0.3) is 44.2 Å². The van der Waals surface area contributed by atoms with E-state index in [1.54, 1.807) is 0 Å². The Balaban J connectivity index is 1.06. The third-order valence-electron chi connectivity index (χ3n) is 11.3. The zero-order valence-corrected chi connectivity index (χ0v) is 32.4. The van der Waals surface area contributed by atoms with E-state index in [4.69, 9.17) is 4.42 Å². The molecule has 3 heteroatoms. The molecule has 1 heterocycles. The van der Waals surface area contributed by atoms with Crippen LogP contribution >= 0.6 is 0 Å². The minimum atomic E-state index is -2.60. The van der Waals surface area contributed by atoms with Crippen LogP contribution in [0.2, 0.25) is 0 Å². The summed E-state index contributed by atoms with van der Waals surface area (Å²) in [6, 6.07) is 85.6. The molecule has 0 N–H and O–H groups in total. The van der Waals surface area contributed by atoms with Crippen LogP contribution in [0.1, 0.15) is 0 Å². The Bertz CT molecular complexity index is 2810. The number of furan rings is 1. The van der Waals surface area contributed by atoms with Crippen molar-refractivity contribution in [2.24, 2.45) is 0 Å². The highest BCUT2D eigenvalue weighted by molar-refractivity contribution is 7.19. The molecule has 0 aliphatic heterocycles. The molecule has 10 rings (SSSR count). The molecule has 1 aromatic heterocycles. The van der Waals surface area contributed by atoms with Crippen LogP contribution in [0.4, 0.5) is 17.1 Å². The summed E-state index contributed by atoms with van der Waals surface area (Å²) in [4.78, 5) is 2.31. The number of para-hydroxylation sites is 2. The first kappa shape index (κ1) is 34.3. The molecule has 9 aromatic carbocycles. The topological polar surface area (TPSA) is 16.4 Å². The van der Waals surface area contributed by atoms with Crippen molar-refractivity contribution in [3.05, 3.63) is 237 Å². The van der Waals surface area contributed by atoms with E-state index in [2.05, 4.69) is 229 Å². The van der Waals surface area contributed by atoms with Gasteiger partial charge in [-0.2, -0.15) is 0 Å². The zero-order chi connectivity index (χ0) is 38.0. The third kappa shape index (κ3) is 6.15. The van der Waals surface area contributed by atoms with E-state index >= 15 is 0 Å². The second-order valence-corrected chi connectivity index (χ2v) is 18.3. The number of benzene rings is 9. The standard InChI is InChI=1S/C54H39NOSi/c1-5-16-40(17-6-1)41-28-34-44(35-29-41)55(52-26-15-25-51-50-24-13-14-27-53(50)56-54(51)52)45-36-30-42(31-37-45)43-32-38-49(39-33-43)57(46-18-7-2-8-19-46,47-20-9-3-10-21-47)48-22-11-4-12-23-48/h1-39H. The molecule has 0 spiro atoms. The SMILES string of the molecule is c1ccc(-c2ccc(N(c3ccc(-c4ccc([Si](c5ccccc5)(c5ccccc5)c5ccccc5)cc4)cc3)c3cccc4c3oc3ccccc34)cc2)cc1. The first-order valence-electron chi connectivity index (χ1n) is 19.5. The van der Waals surface area contributed by atoms with Crippen molar-refractivity contribution in [1.82, 2.24) is 0 Å². The number of nitrogens with zero attached hydrogens (tertiary/aromatic N) is 1. The predicted octanol–water partition coefficient (Wildman–Crippen LogP) is 11.8. The van der Waals surface area contributed by atoms with Gasteiger partial charge in [0.15, 0.2) is 13.7 Å². The Kier molecular flexibility index (Phi) is 8.90. The minimum absolute atomic E-state index is 0.869. The monoisotopic (exact) mass is 745 g/mol. The number of fused-ring (bicyclic) bond motifs is 3. The van der Waals surface area contributed by atoms with Crippen molar-refractivity contribution < 1.29 is 4.42 Å². The Morgan fingerprint density at radius 3 is 1.19 bits per heavy atom. The van der Waals surface area contributed by atoms with Crippen LogP contribution in [0.5, 0.6) is 0 Å². The molecule has 0 aliphatic rings. The Morgan fingerprint density at radius 1 is 0.298 bits per heavy atom. The van der Waals surface area contributed by atoms with Crippen LogP contribution in [0.3, 0.4) is 0 Å². The Hall–Kier alpha value is -7.20. The number of hydrogen-bond donors (Lipinski definition) is 0. The van der Waals surface area contributed by atoms with E-state index in [0.29, 0.717) is 0 Å². The zero-order valence-electron chi connectivity index (χ0n) is 31.4.